The molecule has 1 amide bonds. The number of benzene rings is 1. The van der Waals surface area contributed by atoms with Crippen LogP contribution in [0.4, 0.5) is 11.4 Å². The molecule has 82 valence electrons. The van der Waals surface area contributed by atoms with Gasteiger partial charge in [0.2, 0.25) is 5.91 Å². The van der Waals surface area contributed by atoms with Gasteiger partial charge in [0.15, 0.2) is 0 Å². The molecule has 3 heteroatoms. The van der Waals surface area contributed by atoms with Crippen LogP contribution < -0.4 is 11.1 Å². The predicted molar refractivity (Wildman–Crippen MR) is 63.9 cm³/mol. The van der Waals surface area contributed by atoms with Gasteiger partial charge in [0.1, 0.15) is 0 Å². The fraction of sp³-hybridized carbons (Fsp3) is 0.417. The number of rotatable bonds is 1. The zero-order valence-electron chi connectivity index (χ0n) is 9.72. The third kappa shape index (κ3) is 2.98. The van der Waals surface area contributed by atoms with Gasteiger partial charge in [0, 0.05) is 6.92 Å². The van der Waals surface area contributed by atoms with Crippen LogP contribution >= 0.6 is 0 Å². The summed E-state index contributed by atoms with van der Waals surface area (Å²) in [5.74, 6) is -0.104. The summed E-state index contributed by atoms with van der Waals surface area (Å²) in [4.78, 5) is 11.0. The number of anilines is 2. The second-order valence-corrected chi connectivity index (χ2v) is 4.73. The van der Waals surface area contributed by atoms with Crippen LogP contribution in [0.1, 0.15) is 33.3 Å². The third-order valence-electron chi connectivity index (χ3n) is 2.23. The van der Waals surface area contributed by atoms with Gasteiger partial charge >= 0.3 is 0 Å². The Kier molecular flexibility index (Phi) is 3.03. The number of nitrogens with one attached hydrogen (secondary N) is 1. The summed E-state index contributed by atoms with van der Waals surface area (Å²) in [5.41, 5.74) is 8.26. The fourth-order valence-electron chi connectivity index (χ4n) is 1.32. The average molecular weight is 206 g/mol. The normalized spacial score (nSPS) is 11.2. The molecule has 0 aliphatic heterocycles. The first-order chi connectivity index (χ1) is 6.80. The molecular formula is C12H18N2O. The summed E-state index contributed by atoms with van der Waals surface area (Å²) in [6.45, 7) is 7.84. The van der Waals surface area contributed by atoms with Gasteiger partial charge in [-0.15, -0.1) is 0 Å². The van der Waals surface area contributed by atoms with E-state index < -0.39 is 0 Å². The van der Waals surface area contributed by atoms with Gasteiger partial charge in [-0.05, 0) is 23.1 Å². The van der Waals surface area contributed by atoms with Crippen LogP contribution in [-0.2, 0) is 10.2 Å². The van der Waals surface area contributed by atoms with Gasteiger partial charge in [-0.3, -0.25) is 4.79 Å². The molecule has 0 fully saturated rings. The van der Waals surface area contributed by atoms with Crippen molar-refractivity contribution >= 4 is 17.3 Å². The van der Waals surface area contributed by atoms with Crippen molar-refractivity contribution in [3.05, 3.63) is 23.8 Å². The molecule has 3 N–H and O–H groups in total. The molecule has 0 heterocycles. The van der Waals surface area contributed by atoms with E-state index in [1.165, 1.54) is 6.92 Å². The largest absolute Gasteiger partial charge is 0.397 e. The highest BCUT2D eigenvalue weighted by molar-refractivity contribution is 5.92. The Labute approximate surface area is 90.7 Å². The van der Waals surface area contributed by atoms with Crippen molar-refractivity contribution in [2.75, 3.05) is 11.1 Å². The van der Waals surface area contributed by atoms with Gasteiger partial charge in [-0.2, -0.15) is 0 Å². The van der Waals surface area contributed by atoms with Crippen molar-refractivity contribution < 1.29 is 4.79 Å². The number of amides is 1. The summed E-state index contributed by atoms with van der Waals surface area (Å²) >= 11 is 0. The van der Waals surface area contributed by atoms with Crippen LogP contribution in [0.5, 0.6) is 0 Å². The first-order valence-corrected chi connectivity index (χ1v) is 4.98. The van der Waals surface area contributed by atoms with Crippen molar-refractivity contribution in [1.29, 1.82) is 0 Å². The van der Waals surface area contributed by atoms with E-state index in [1.54, 1.807) is 0 Å². The highest BCUT2D eigenvalue weighted by Crippen LogP contribution is 2.28. The molecular weight excluding hydrogens is 188 g/mol. The van der Waals surface area contributed by atoms with Crippen molar-refractivity contribution in [2.45, 2.75) is 33.1 Å². The molecule has 0 saturated heterocycles. The molecule has 0 radical (unpaired) electrons. The van der Waals surface area contributed by atoms with E-state index in [9.17, 15) is 4.79 Å². The molecule has 0 unspecified atom stereocenters. The Balaban J connectivity index is 3.11. The Bertz CT molecular complexity index is 378. The van der Waals surface area contributed by atoms with Crippen LogP contribution in [0.15, 0.2) is 18.2 Å². The zero-order valence-corrected chi connectivity index (χ0v) is 9.72. The molecule has 0 spiro atoms. The molecule has 0 aliphatic carbocycles. The lowest BCUT2D eigenvalue weighted by molar-refractivity contribution is -0.114. The number of carbonyl (C=O) groups excluding carboxylic acids is 1. The molecule has 0 bridgehead atoms. The number of nitrogen functional groups attached to an aromatic ring is 1. The smallest absolute Gasteiger partial charge is 0.221 e. The summed E-state index contributed by atoms with van der Waals surface area (Å²) in [5, 5.41) is 2.72. The van der Waals surface area contributed by atoms with E-state index in [0.29, 0.717) is 11.4 Å². The quantitative estimate of drug-likeness (QED) is 0.694. The Morgan fingerprint density at radius 1 is 1.33 bits per heavy atom. The van der Waals surface area contributed by atoms with Crippen LogP contribution in [-0.4, -0.2) is 5.91 Å². The zero-order chi connectivity index (χ0) is 11.6. The predicted octanol–water partition coefficient (Wildman–Crippen LogP) is 2.52. The summed E-state index contributed by atoms with van der Waals surface area (Å²) in [7, 11) is 0. The van der Waals surface area contributed by atoms with Crippen molar-refractivity contribution in [1.82, 2.24) is 0 Å². The second kappa shape index (κ2) is 3.93. The summed E-state index contributed by atoms with van der Waals surface area (Å²) in [6.07, 6.45) is 0. The number of hydrogen-bond donors (Lipinski definition) is 2. The monoisotopic (exact) mass is 206 g/mol. The Morgan fingerprint density at radius 2 is 1.93 bits per heavy atom. The van der Waals surface area contributed by atoms with Gasteiger partial charge in [0.05, 0.1) is 11.4 Å². The molecule has 0 atom stereocenters. The molecule has 0 saturated carbocycles. The van der Waals surface area contributed by atoms with Gasteiger partial charge in [0.25, 0.3) is 0 Å². The minimum Gasteiger partial charge on any atom is -0.397 e. The lowest BCUT2D eigenvalue weighted by atomic mass is 9.86. The van der Waals surface area contributed by atoms with Crippen molar-refractivity contribution in [2.24, 2.45) is 0 Å². The molecule has 3 nitrogen and oxygen atoms in total. The molecule has 1 aromatic carbocycles. The van der Waals surface area contributed by atoms with Gasteiger partial charge < -0.3 is 11.1 Å². The van der Waals surface area contributed by atoms with Gasteiger partial charge in [-0.25, -0.2) is 0 Å². The maximum atomic E-state index is 11.0. The molecule has 15 heavy (non-hydrogen) atoms. The third-order valence-corrected chi connectivity index (χ3v) is 2.23. The SMILES string of the molecule is CC(=O)Nc1cc(C(C)(C)C)ccc1N. The lowest BCUT2D eigenvalue weighted by Gasteiger charge is -2.20. The first-order valence-electron chi connectivity index (χ1n) is 4.98. The molecule has 0 aromatic heterocycles. The van der Waals surface area contributed by atoms with Crippen LogP contribution in [0, 0.1) is 0 Å². The summed E-state index contributed by atoms with van der Waals surface area (Å²) in [6, 6.07) is 5.74. The topological polar surface area (TPSA) is 55.1 Å². The van der Waals surface area contributed by atoms with E-state index >= 15 is 0 Å². The highest BCUT2D eigenvalue weighted by atomic mass is 16.1. The van der Waals surface area contributed by atoms with E-state index in [0.717, 1.165) is 5.56 Å². The summed E-state index contributed by atoms with van der Waals surface area (Å²) < 4.78 is 0. The second-order valence-electron chi connectivity index (χ2n) is 4.73. The maximum absolute atomic E-state index is 11.0. The average Bonchev–Trinajstić information content (AvgIpc) is 2.06. The maximum Gasteiger partial charge on any atom is 0.221 e. The highest BCUT2D eigenvalue weighted by Gasteiger charge is 2.15. The molecule has 0 aliphatic rings. The molecule has 1 rings (SSSR count). The van der Waals surface area contributed by atoms with Crippen molar-refractivity contribution in [3.8, 4) is 0 Å². The Hall–Kier alpha value is -1.51. The number of nitrogens with two attached hydrogens (primary N) is 1. The number of hydrogen-bond acceptors (Lipinski definition) is 2. The van der Waals surface area contributed by atoms with Gasteiger partial charge in [-0.1, -0.05) is 26.8 Å². The van der Waals surface area contributed by atoms with Crippen LogP contribution in [0.25, 0.3) is 0 Å². The van der Waals surface area contributed by atoms with E-state index in [2.05, 4.69) is 26.1 Å². The lowest BCUT2D eigenvalue weighted by Crippen LogP contribution is -2.14. The molecule has 1 aromatic rings. The minimum absolute atomic E-state index is 0.0565. The number of carbonyl (C=O) groups is 1. The first kappa shape index (κ1) is 11.6. The minimum atomic E-state index is -0.104. The Morgan fingerprint density at radius 3 is 2.40 bits per heavy atom. The van der Waals surface area contributed by atoms with E-state index in [1.807, 2.05) is 18.2 Å². The van der Waals surface area contributed by atoms with E-state index in [4.69, 9.17) is 5.73 Å². The van der Waals surface area contributed by atoms with Crippen LogP contribution in [0.3, 0.4) is 0 Å². The van der Waals surface area contributed by atoms with Crippen molar-refractivity contribution in [3.63, 3.8) is 0 Å². The fourth-order valence-corrected chi connectivity index (χ4v) is 1.32. The standard InChI is InChI=1S/C12H18N2O/c1-8(15)14-11-7-9(12(2,3)4)5-6-10(11)13/h5-7H,13H2,1-4H3,(H,14,15). The van der Waals surface area contributed by atoms with Crippen LogP contribution in [0.2, 0.25) is 0 Å². The van der Waals surface area contributed by atoms with E-state index in [-0.39, 0.29) is 11.3 Å².